The molecule has 1 aromatic heterocycles. The molecular formula is C25H29ClFN5O4S. The van der Waals surface area contributed by atoms with Crippen LogP contribution in [0.2, 0.25) is 5.02 Å². The summed E-state index contributed by atoms with van der Waals surface area (Å²) in [5.74, 6) is -1.90. The Labute approximate surface area is 220 Å². The summed E-state index contributed by atoms with van der Waals surface area (Å²) in [4.78, 5) is 16.2. The van der Waals surface area contributed by atoms with E-state index in [1.807, 2.05) is 32.8 Å². The summed E-state index contributed by atoms with van der Waals surface area (Å²) < 4.78 is 47.3. The summed E-state index contributed by atoms with van der Waals surface area (Å²) in [7, 11) is -0.156. The molecule has 1 atom stereocenters. The first-order valence-corrected chi connectivity index (χ1v) is 13.7. The van der Waals surface area contributed by atoms with Crippen LogP contribution in [0.15, 0.2) is 45.7 Å². The lowest BCUT2D eigenvalue weighted by atomic mass is 9.89. The summed E-state index contributed by atoms with van der Waals surface area (Å²) in [6.45, 7) is 4.67. The van der Waals surface area contributed by atoms with E-state index in [1.54, 1.807) is 24.3 Å². The van der Waals surface area contributed by atoms with Gasteiger partial charge in [-0.3, -0.25) is 4.79 Å². The number of anilines is 1. The Morgan fingerprint density at radius 2 is 1.89 bits per heavy atom. The third-order valence-electron chi connectivity index (χ3n) is 6.33. The number of rotatable bonds is 7. The number of amides is 1. The minimum absolute atomic E-state index is 0.00378. The molecule has 0 radical (unpaired) electrons. The summed E-state index contributed by atoms with van der Waals surface area (Å²) >= 11 is 5.98. The predicted octanol–water partition coefficient (Wildman–Crippen LogP) is 3.41. The van der Waals surface area contributed by atoms with Crippen LogP contribution < -0.4 is 10.6 Å². The van der Waals surface area contributed by atoms with Gasteiger partial charge in [-0.2, -0.15) is 0 Å². The fourth-order valence-electron chi connectivity index (χ4n) is 4.03. The maximum atomic E-state index is 15.3. The minimum Gasteiger partial charge on any atom is -0.420 e. The minimum atomic E-state index is -4.07. The molecule has 0 saturated carbocycles. The molecule has 0 saturated heterocycles. The number of benzene rings is 2. The molecule has 9 nitrogen and oxygen atoms in total. The molecule has 4 rings (SSSR count). The van der Waals surface area contributed by atoms with E-state index in [-0.39, 0.29) is 28.6 Å². The van der Waals surface area contributed by atoms with Crippen LogP contribution in [0, 0.1) is 5.82 Å². The van der Waals surface area contributed by atoms with E-state index < -0.39 is 38.8 Å². The molecule has 0 spiro atoms. The third-order valence-corrected chi connectivity index (χ3v) is 8.38. The van der Waals surface area contributed by atoms with Crippen molar-refractivity contribution in [3.05, 3.63) is 58.7 Å². The number of carbonyl (C=O) groups is 1. The van der Waals surface area contributed by atoms with Crippen LogP contribution in [0.4, 0.5) is 10.1 Å². The van der Waals surface area contributed by atoms with Crippen LogP contribution in [-0.2, 0) is 26.6 Å². The zero-order valence-corrected chi connectivity index (χ0v) is 22.6. The second-order valence-electron chi connectivity index (χ2n) is 10.1. The van der Waals surface area contributed by atoms with Gasteiger partial charge in [-0.1, -0.05) is 37.6 Å². The van der Waals surface area contributed by atoms with E-state index in [9.17, 15) is 13.2 Å². The fraction of sp³-hybridized carbons (Fsp3) is 0.400. The number of nitrogens with zero attached hydrogens (tertiary/aromatic N) is 4. The van der Waals surface area contributed by atoms with E-state index in [0.29, 0.717) is 22.9 Å². The molecular weight excluding hydrogens is 521 g/mol. The maximum absolute atomic E-state index is 15.3. The van der Waals surface area contributed by atoms with Gasteiger partial charge in [0, 0.05) is 10.4 Å². The second-order valence-corrected chi connectivity index (χ2v) is 12.5. The molecule has 1 aliphatic rings. The highest BCUT2D eigenvalue weighted by atomic mass is 35.5. The molecule has 0 bridgehead atoms. The molecule has 1 amide bonds. The van der Waals surface area contributed by atoms with E-state index in [1.165, 1.54) is 11.0 Å². The molecule has 37 heavy (non-hydrogen) atoms. The number of hydrogen-bond acceptors (Lipinski definition) is 8. The van der Waals surface area contributed by atoms with Crippen molar-refractivity contribution in [3.8, 4) is 11.5 Å². The SMILES string of the molecule is CN(C)CCC(C)(C)c1nnc(-c2cc3c(cc2F)S(=O)(=O)C[C@H](N)C(=O)N3Cc2ccc(Cl)cc2)o1. The number of halogens is 2. The van der Waals surface area contributed by atoms with Crippen molar-refractivity contribution in [1.29, 1.82) is 0 Å². The van der Waals surface area contributed by atoms with Gasteiger partial charge >= 0.3 is 0 Å². The first-order valence-electron chi connectivity index (χ1n) is 11.7. The highest BCUT2D eigenvalue weighted by Crippen LogP contribution is 2.38. The first kappa shape index (κ1) is 27.2. The average Bonchev–Trinajstić information content (AvgIpc) is 3.31. The Morgan fingerprint density at radius 1 is 1.22 bits per heavy atom. The smallest absolute Gasteiger partial charge is 0.250 e. The highest BCUT2D eigenvalue weighted by molar-refractivity contribution is 7.91. The summed E-state index contributed by atoms with van der Waals surface area (Å²) in [6, 6.07) is 7.58. The van der Waals surface area contributed by atoms with Crippen LogP contribution in [0.5, 0.6) is 0 Å². The van der Waals surface area contributed by atoms with Crippen molar-refractivity contribution >= 4 is 33.0 Å². The Balaban J connectivity index is 1.81. The van der Waals surface area contributed by atoms with E-state index >= 15 is 4.39 Å². The lowest BCUT2D eigenvalue weighted by Crippen LogP contribution is -2.45. The van der Waals surface area contributed by atoms with E-state index in [4.69, 9.17) is 21.8 Å². The monoisotopic (exact) mass is 549 g/mol. The van der Waals surface area contributed by atoms with Crippen LogP contribution in [0.3, 0.4) is 0 Å². The number of sulfone groups is 1. The van der Waals surface area contributed by atoms with Crippen molar-refractivity contribution in [1.82, 2.24) is 15.1 Å². The lowest BCUT2D eigenvalue weighted by molar-refractivity contribution is -0.119. The van der Waals surface area contributed by atoms with Gasteiger partial charge in [0.2, 0.25) is 11.8 Å². The number of hydrogen-bond donors (Lipinski definition) is 1. The maximum Gasteiger partial charge on any atom is 0.250 e. The number of nitrogens with two attached hydrogens (primary N) is 1. The molecule has 198 valence electrons. The molecule has 2 heterocycles. The molecule has 12 heteroatoms. The zero-order chi connectivity index (χ0) is 27.1. The second kappa shape index (κ2) is 10.1. The van der Waals surface area contributed by atoms with Gasteiger partial charge < -0.3 is 20.0 Å². The van der Waals surface area contributed by atoms with Gasteiger partial charge in [-0.25, -0.2) is 12.8 Å². The Hall–Kier alpha value is -2.86. The topological polar surface area (TPSA) is 123 Å². The lowest BCUT2D eigenvalue weighted by Gasteiger charge is -2.24. The molecule has 2 N–H and O–H groups in total. The van der Waals surface area contributed by atoms with Crippen LogP contribution >= 0.6 is 11.6 Å². The quantitative estimate of drug-likeness (QED) is 0.476. The largest absolute Gasteiger partial charge is 0.420 e. The Bertz CT molecular complexity index is 1420. The number of carbonyl (C=O) groups excluding carboxylic acids is 1. The van der Waals surface area contributed by atoms with Crippen LogP contribution in [-0.4, -0.2) is 61.9 Å². The normalized spacial score (nSPS) is 17.7. The van der Waals surface area contributed by atoms with Gasteiger partial charge in [0.1, 0.15) is 5.82 Å². The van der Waals surface area contributed by atoms with Crippen molar-refractivity contribution < 1.29 is 22.0 Å². The van der Waals surface area contributed by atoms with Gasteiger partial charge in [-0.05, 0) is 56.9 Å². The summed E-state index contributed by atoms with van der Waals surface area (Å²) in [5, 5.41) is 8.68. The molecule has 1 aliphatic heterocycles. The molecule has 0 fully saturated rings. The number of aromatic nitrogens is 2. The summed E-state index contributed by atoms with van der Waals surface area (Å²) in [6.07, 6.45) is 0.716. The van der Waals surface area contributed by atoms with E-state index in [0.717, 1.165) is 12.6 Å². The molecule has 0 unspecified atom stereocenters. The Kier molecular flexibility index (Phi) is 7.44. The molecule has 0 aliphatic carbocycles. The van der Waals surface area contributed by atoms with Crippen LogP contribution in [0.1, 0.15) is 31.7 Å². The third kappa shape index (κ3) is 5.69. The standard InChI is InChI=1S/C25H29ClFN5O4S/c1-25(2,9-10-31(3)4)24-30-29-22(36-24)17-11-20-21(12-18(17)27)37(34,35)14-19(28)23(33)32(20)13-15-5-7-16(26)8-6-15/h5-8,11-12,19H,9-10,13-14,28H2,1-4H3/t19-/m0/s1. The summed E-state index contributed by atoms with van der Waals surface area (Å²) in [5.41, 5.74) is 6.05. The first-order chi connectivity index (χ1) is 17.3. The van der Waals surface area contributed by atoms with Gasteiger partial charge in [-0.15, -0.1) is 10.2 Å². The zero-order valence-electron chi connectivity index (χ0n) is 21.0. The van der Waals surface area contributed by atoms with Crippen molar-refractivity contribution in [2.24, 2.45) is 5.73 Å². The van der Waals surface area contributed by atoms with Gasteiger partial charge in [0.15, 0.2) is 9.84 Å². The molecule has 2 aromatic carbocycles. The highest BCUT2D eigenvalue weighted by Gasteiger charge is 2.38. The van der Waals surface area contributed by atoms with Gasteiger partial charge in [0.25, 0.3) is 5.89 Å². The predicted molar refractivity (Wildman–Crippen MR) is 139 cm³/mol. The van der Waals surface area contributed by atoms with Gasteiger partial charge in [0.05, 0.1) is 34.5 Å². The van der Waals surface area contributed by atoms with Crippen LogP contribution in [0.25, 0.3) is 11.5 Å². The fourth-order valence-corrected chi connectivity index (χ4v) is 5.73. The van der Waals surface area contributed by atoms with Crippen molar-refractivity contribution in [2.75, 3.05) is 31.3 Å². The number of fused-ring (bicyclic) bond motifs is 1. The molecule has 3 aromatic rings. The Morgan fingerprint density at radius 3 is 2.54 bits per heavy atom. The van der Waals surface area contributed by atoms with Crippen molar-refractivity contribution in [3.63, 3.8) is 0 Å². The average molecular weight is 550 g/mol. The van der Waals surface area contributed by atoms with E-state index in [2.05, 4.69) is 10.2 Å². The van der Waals surface area contributed by atoms with Crippen molar-refractivity contribution in [2.45, 2.75) is 43.2 Å².